The fraction of sp³-hybridized carbons (Fsp3) is 0. The van der Waals surface area contributed by atoms with Crippen LogP contribution in [-0.2, 0) is 0 Å². The largest absolute Gasteiger partial charge is 0.478 e. The number of benzene rings is 1. The van der Waals surface area contributed by atoms with Gasteiger partial charge in [-0.2, -0.15) is 0 Å². The quantitative estimate of drug-likeness (QED) is 0.854. The Morgan fingerprint density at radius 1 is 1.19 bits per heavy atom. The predicted molar refractivity (Wildman–Crippen MR) is 57.7 cm³/mol. The summed E-state index contributed by atoms with van der Waals surface area (Å²) in [5.41, 5.74) is 0.188. The van der Waals surface area contributed by atoms with Crippen LogP contribution in [0.25, 0.3) is 0 Å². The summed E-state index contributed by atoms with van der Waals surface area (Å²) < 4.78 is 5.39. The van der Waals surface area contributed by atoms with Crippen LogP contribution in [0.2, 0.25) is 0 Å². The van der Waals surface area contributed by atoms with Crippen molar-refractivity contribution in [3.05, 3.63) is 54.2 Å². The highest BCUT2D eigenvalue weighted by Gasteiger charge is 2.04. The van der Waals surface area contributed by atoms with Crippen molar-refractivity contribution in [1.82, 2.24) is 4.98 Å². The van der Waals surface area contributed by atoms with E-state index >= 15 is 0 Å². The Kier molecular flexibility index (Phi) is 2.82. The lowest BCUT2D eigenvalue weighted by molar-refractivity contribution is 0.0696. The van der Waals surface area contributed by atoms with E-state index in [9.17, 15) is 4.79 Å². The third kappa shape index (κ3) is 2.36. The zero-order chi connectivity index (χ0) is 11.4. The van der Waals surface area contributed by atoms with Crippen LogP contribution in [0, 0.1) is 0 Å². The first kappa shape index (κ1) is 10.2. The van der Waals surface area contributed by atoms with Crippen molar-refractivity contribution in [3.8, 4) is 11.6 Å². The van der Waals surface area contributed by atoms with E-state index in [4.69, 9.17) is 9.84 Å². The second-order valence-electron chi connectivity index (χ2n) is 3.10. The van der Waals surface area contributed by atoms with Gasteiger partial charge in [0, 0.05) is 12.3 Å². The van der Waals surface area contributed by atoms with Gasteiger partial charge in [-0.1, -0.05) is 12.1 Å². The van der Waals surface area contributed by atoms with Gasteiger partial charge < -0.3 is 9.84 Å². The van der Waals surface area contributed by atoms with Crippen molar-refractivity contribution >= 4 is 5.97 Å². The normalized spacial score (nSPS) is 9.75. The van der Waals surface area contributed by atoms with Crippen molar-refractivity contribution in [1.29, 1.82) is 0 Å². The molecule has 2 aromatic rings. The number of hydrogen-bond acceptors (Lipinski definition) is 3. The molecule has 0 saturated heterocycles. The summed E-state index contributed by atoms with van der Waals surface area (Å²) in [5.74, 6) is -0.0879. The molecule has 0 fully saturated rings. The molecule has 80 valence electrons. The first-order valence-electron chi connectivity index (χ1n) is 4.68. The molecule has 0 aliphatic carbocycles. The highest BCUT2D eigenvalue weighted by Crippen LogP contribution is 2.19. The van der Waals surface area contributed by atoms with Gasteiger partial charge in [0.2, 0.25) is 5.88 Å². The van der Waals surface area contributed by atoms with Crippen LogP contribution in [0.1, 0.15) is 10.4 Å². The Morgan fingerprint density at radius 3 is 2.75 bits per heavy atom. The molecule has 0 unspecified atom stereocenters. The van der Waals surface area contributed by atoms with Crippen LogP contribution < -0.4 is 4.74 Å². The molecule has 4 nitrogen and oxygen atoms in total. The molecule has 0 bridgehead atoms. The Balaban J connectivity index is 2.22. The Bertz CT molecular complexity index is 497. The molecule has 0 aliphatic rings. The molecular weight excluding hydrogens is 206 g/mol. The number of aromatic nitrogens is 1. The van der Waals surface area contributed by atoms with E-state index in [0.29, 0.717) is 11.6 Å². The average Bonchev–Trinajstić information content (AvgIpc) is 2.30. The molecule has 1 heterocycles. The summed E-state index contributed by atoms with van der Waals surface area (Å²) in [7, 11) is 0. The van der Waals surface area contributed by atoms with Gasteiger partial charge in [0.15, 0.2) is 0 Å². The number of aromatic carboxylic acids is 1. The number of carboxylic acid groups (broad SMARTS) is 1. The van der Waals surface area contributed by atoms with Crippen LogP contribution in [0.15, 0.2) is 48.7 Å². The van der Waals surface area contributed by atoms with Gasteiger partial charge >= 0.3 is 5.97 Å². The Morgan fingerprint density at radius 2 is 2.06 bits per heavy atom. The fourth-order valence-electron chi connectivity index (χ4n) is 1.22. The van der Waals surface area contributed by atoms with Gasteiger partial charge in [0.25, 0.3) is 0 Å². The minimum absolute atomic E-state index is 0.188. The lowest BCUT2D eigenvalue weighted by atomic mass is 10.2. The molecule has 2 rings (SSSR count). The summed E-state index contributed by atoms with van der Waals surface area (Å²) in [4.78, 5) is 14.7. The summed E-state index contributed by atoms with van der Waals surface area (Å²) in [5, 5.41) is 8.80. The molecule has 0 amide bonds. The first-order chi connectivity index (χ1) is 7.75. The molecule has 0 spiro atoms. The third-order valence-corrected chi connectivity index (χ3v) is 1.94. The maximum absolute atomic E-state index is 10.7. The molecule has 4 heteroatoms. The lowest BCUT2D eigenvalue weighted by Gasteiger charge is -2.04. The number of carbonyl (C=O) groups is 1. The molecule has 0 atom stereocenters. The standard InChI is InChI=1S/C12H9NO3/c14-12(15)9-4-3-5-10(8-9)16-11-6-1-2-7-13-11/h1-8H,(H,14,15). The topological polar surface area (TPSA) is 59.4 Å². The van der Waals surface area contributed by atoms with Crippen LogP contribution in [0.4, 0.5) is 0 Å². The number of carboxylic acids is 1. The molecular formula is C12H9NO3. The minimum Gasteiger partial charge on any atom is -0.478 e. The van der Waals surface area contributed by atoms with Gasteiger partial charge in [0.05, 0.1) is 5.56 Å². The SMILES string of the molecule is O=C(O)c1cccc(Oc2ccccn2)c1. The molecule has 1 N–H and O–H groups in total. The van der Waals surface area contributed by atoms with E-state index in [1.54, 1.807) is 36.5 Å². The van der Waals surface area contributed by atoms with Crippen molar-refractivity contribution in [2.45, 2.75) is 0 Å². The molecule has 0 saturated carbocycles. The second-order valence-corrected chi connectivity index (χ2v) is 3.10. The van der Waals surface area contributed by atoms with Crippen molar-refractivity contribution < 1.29 is 14.6 Å². The number of rotatable bonds is 3. The smallest absolute Gasteiger partial charge is 0.335 e. The van der Waals surface area contributed by atoms with Crippen LogP contribution in [0.3, 0.4) is 0 Å². The zero-order valence-corrected chi connectivity index (χ0v) is 8.33. The molecule has 0 aliphatic heterocycles. The molecule has 1 aromatic carbocycles. The summed E-state index contributed by atoms with van der Waals surface area (Å²) in [6, 6.07) is 11.5. The summed E-state index contributed by atoms with van der Waals surface area (Å²) in [6.45, 7) is 0. The monoisotopic (exact) mass is 215 g/mol. The molecule has 1 aromatic heterocycles. The fourth-order valence-corrected chi connectivity index (χ4v) is 1.22. The van der Waals surface area contributed by atoms with Gasteiger partial charge in [-0.05, 0) is 24.3 Å². The van der Waals surface area contributed by atoms with Crippen molar-refractivity contribution in [3.63, 3.8) is 0 Å². The average molecular weight is 215 g/mol. The van der Waals surface area contributed by atoms with Gasteiger partial charge in [0.1, 0.15) is 5.75 Å². The van der Waals surface area contributed by atoms with E-state index in [1.165, 1.54) is 12.1 Å². The van der Waals surface area contributed by atoms with Crippen LogP contribution in [0.5, 0.6) is 11.6 Å². The van der Waals surface area contributed by atoms with Gasteiger partial charge in [-0.25, -0.2) is 9.78 Å². The number of pyridine rings is 1. The number of nitrogens with zero attached hydrogens (tertiary/aromatic N) is 1. The van der Waals surface area contributed by atoms with Gasteiger partial charge in [-0.3, -0.25) is 0 Å². The number of hydrogen-bond donors (Lipinski definition) is 1. The Labute approximate surface area is 92.1 Å². The number of ether oxygens (including phenoxy) is 1. The summed E-state index contributed by atoms with van der Waals surface area (Å²) >= 11 is 0. The maximum Gasteiger partial charge on any atom is 0.335 e. The van der Waals surface area contributed by atoms with E-state index < -0.39 is 5.97 Å². The second kappa shape index (κ2) is 4.44. The maximum atomic E-state index is 10.7. The Hall–Kier alpha value is -2.36. The van der Waals surface area contributed by atoms with Crippen molar-refractivity contribution in [2.75, 3.05) is 0 Å². The molecule has 0 radical (unpaired) electrons. The predicted octanol–water partition coefficient (Wildman–Crippen LogP) is 2.57. The minimum atomic E-state index is -0.980. The lowest BCUT2D eigenvalue weighted by Crippen LogP contribution is -1.96. The highest BCUT2D eigenvalue weighted by atomic mass is 16.5. The van der Waals surface area contributed by atoms with Crippen LogP contribution >= 0.6 is 0 Å². The zero-order valence-electron chi connectivity index (χ0n) is 8.33. The highest BCUT2D eigenvalue weighted by molar-refractivity contribution is 5.88. The van der Waals surface area contributed by atoms with Crippen molar-refractivity contribution in [2.24, 2.45) is 0 Å². The summed E-state index contributed by atoms with van der Waals surface area (Å²) in [6.07, 6.45) is 1.61. The van der Waals surface area contributed by atoms with Gasteiger partial charge in [-0.15, -0.1) is 0 Å². The first-order valence-corrected chi connectivity index (χ1v) is 4.68. The van der Waals surface area contributed by atoms with Crippen LogP contribution in [-0.4, -0.2) is 16.1 Å². The van der Waals surface area contributed by atoms with E-state index in [-0.39, 0.29) is 5.56 Å². The van der Waals surface area contributed by atoms with E-state index in [0.717, 1.165) is 0 Å². The third-order valence-electron chi connectivity index (χ3n) is 1.94. The molecule has 16 heavy (non-hydrogen) atoms. The van der Waals surface area contributed by atoms with E-state index in [1.807, 2.05) is 0 Å². The van der Waals surface area contributed by atoms with E-state index in [2.05, 4.69) is 4.98 Å².